The Balaban J connectivity index is 1.93. The quantitative estimate of drug-likeness (QED) is 0.567. The van der Waals surface area contributed by atoms with Crippen LogP contribution in [0.2, 0.25) is 0 Å². The third kappa shape index (κ3) is 4.73. The first-order chi connectivity index (χ1) is 15.0. The summed E-state index contributed by atoms with van der Waals surface area (Å²) in [6.07, 6.45) is -0.377. The number of benzene rings is 1. The fourth-order valence-corrected chi connectivity index (χ4v) is 4.80. The van der Waals surface area contributed by atoms with Crippen LogP contribution in [0, 0.1) is 12.7 Å². The first-order valence-electron chi connectivity index (χ1n) is 10.5. The van der Waals surface area contributed by atoms with Crippen LogP contribution in [0.5, 0.6) is 0 Å². The van der Waals surface area contributed by atoms with Crippen molar-refractivity contribution in [3.63, 3.8) is 0 Å². The minimum absolute atomic E-state index is 0.160. The molecule has 32 heavy (non-hydrogen) atoms. The van der Waals surface area contributed by atoms with Gasteiger partial charge >= 0.3 is 0 Å². The molecule has 3 amide bonds. The highest BCUT2D eigenvalue weighted by Gasteiger charge is 2.54. The van der Waals surface area contributed by atoms with Crippen LogP contribution in [-0.4, -0.2) is 71.6 Å². The van der Waals surface area contributed by atoms with Gasteiger partial charge in [-0.05, 0) is 45.6 Å². The Bertz CT molecular complexity index is 1020. The van der Waals surface area contributed by atoms with Crippen molar-refractivity contribution in [2.45, 2.75) is 38.1 Å². The van der Waals surface area contributed by atoms with Crippen molar-refractivity contribution < 1.29 is 18.8 Å². The fourth-order valence-electron chi connectivity index (χ4n) is 3.91. The van der Waals surface area contributed by atoms with Crippen LogP contribution in [0.3, 0.4) is 0 Å². The third-order valence-electron chi connectivity index (χ3n) is 5.98. The first-order valence-corrected chi connectivity index (χ1v) is 11.4. The molecule has 1 fully saturated rings. The zero-order chi connectivity index (χ0) is 23.6. The summed E-state index contributed by atoms with van der Waals surface area (Å²) in [4.78, 5) is 48.8. The van der Waals surface area contributed by atoms with E-state index in [4.69, 9.17) is 0 Å². The summed E-state index contributed by atoms with van der Waals surface area (Å²) in [6.45, 7) is 4.49. The van der Waals surface area contributed by atoms with E-state index in [1.54, 1.807) is 18.0 Å². The molecule has 0 N–H and O–H groups in total. The van der Waals surface area contributed by atoms with E-state index in [1.165, 1.54) is 34.4 Å². The van der Waals surface area contributed by atoms with Crippen molar-refractivity contribution in [1.82, 2.24) is 19.7 Å². The molecule has 3 rings (SSSR count). The summed E-state index contributed by atoms with van der Waals surface area (Å²) < 4.78 is 14.1. The number of carbonyl (C=O) groups excluding carboxylic acids is 3. The van der Waals surface area contributed by atoms with Crippen LogP contribution in [0.4, 0.5) is 4.39 Å². The second kappa shape index (κ2) is 9.46. The number of halogens is 1. The molecule has 172 valence electrons. The highest BCUT2D eigenvalue weighted by molar-refractivity contribution is 7.09. The number of hydrogen-bond donors (Lipinski definition) is 0. The molecular weight excluding hydrogens is 431 g/mol. The van der Waals surface area contributed by atoms with Crippen molar-refractivity contribution in [3.8, 4) is 0 Å². The lowest BCUT2D eigenvalue weighted by molar-refractivity contribution is -0.143. The molecule has 0 saturated carbocycles. The zero-order valence-corrected chi connectivity index (χ0v) is 19.9. The summed E-state index contributed by atoms with van der Waals surface area (Å²) in [5, 5.41) is 2.71. The molecule has 7 nitrogen and oxygen atoms in total. The molecule has 1 aliphatic rings. The average Bonchev–Trinajstić information content (AvgIpc) is 3.27. The predicted molar refractivity (Wildman–Crippen MR) is 121 cm³/mol. The summed E-state index contributed by atoms with van der Waals surface area (Å²) in [5.74, 6) is -1.61. The van der Waals surface area contributed by atoms with Gasteiger partial charge in [-0.15, -0.1) is 11.3 Å². The van der Waals surface area contributed by atoms with Crippen LogP contribution in [0.15, 0.2) is 29.6 Å². The zero-order valence-electron chi connectivity index (χ0n) is 19.1. The van der Waals surface area contributed by atoms with Gasteiger partial charge in [-0.2, -0.15) is 0 Å². The number of nitrogens with zero attached hydrogens (tertiary/aromatic N) is 4. The van der Waals surface area contributed by atoms with Crippen LogP contribution >= 0.6 is 11.3 Å². The topological polar surface area (TPSA) is 73.8 Å². The van der Waals surface area contributed by atoms with Crippen molar-refractivity contribution in [2.24, 2.45) is 0 Å². The summed E-state index contributed by atoms with van der Waals surface area (Å²) in [6, 6.07) is 5.36. The van der Waals surface area contributed by atoms with Gasteiger partial charge in [0.2, 0.25) is 17.7 Å². The van der Waals surface area contributed by atoms with E-state index in [2.05, 4.69) is 4.98 Å². The second-order valence-electron chi connectivity index (χ2n) is 8.61. The number of imide groups is 1. The van der Waals surface area contributed by atoms with Crippen molar-refractivity contribution >= 4 is 29.1 Å². The SMILES string of the molecule is Cc1csc([C@H](C)N(C)C(=O)C[C@]2(c3cccc(F)c3)CC(=O)N(CCN(C)C)C2=O)n1. The predicted octanol–water partition coefficient (Wildman–Crippen LogP) is 2.76. The average molecular weight is 461 g/mol. The van der Waals surface area contributed by atoms with E-state index in [0.29, 0.717) is 12.1 Å². The maximum Gasteiger partial charge on any atom is 0.240 e. The lowest BCUT2D eigenvalue weighted by atomic mass is 9.75. The molecular formula is C23H29FN4O3S. The number of likely N-dealkylation sites (tertiary alicyclic amines) is 1. The summed E-state index contributed by atoms with van der Waals surface area (Å²) >= 11 is 1.47. The molecule has 2 aromatic rings. The largest absolute Gasteiger partial charge is 0.337 e. The molecule has 1 aliphatic heterocycles. The van der Waals surface area contributed by atoms with Gasteiger partial charge in [0.15, 0.2) is 0 Å². The molecule has 0 bridgehead atoms. The van der Waals surface area contributed by atoms with Gasteiger partial charge in [-0.1, -0.05) is 12.1 Å². The molecule has 1 aromatic heterocycles. The Morgan fingerprint density at radius 2 is 2.03 bits per heavy atom. The van der Waals surface area contributed by atoms with Gasteiger partial charge in [0, 0.05) is 44.1 Å². The Kier molecular flexibility index (Phi) is 7.09. The monoisotopic (exact) mass is 460 g/mol. The lowest BCUT2D eigenvalue weighted by Gasteiger charge is -2.31. The van der Waals surface area contributed by atoms with Gasteiger partial charge < -0.3 is 9.80 Å². The summed E-state index contributed by atoms with van der Waals surface area (Å²) in [5.41, 5.74) is -0.195. The Hall–Kier alpha value is -2.65. The van der Waals surface area contributed by atoms with Crippen LogP contribution < -0.4 is 0 Å². The van der Waals surface area contributed by atoms with Crippen molar-refractivity contribution in [2.75, 3.05) is 34.2 Å². The molecule has 1 aromatic carbocycles. The Morgan fingerprint density at radius 3 is 2.62 bits per heavy atom. The minimum atomic E-state index is -1.42. The number of aromatic nitrogens is 1. The smallest absolute Gasteiger partial charge is 0.240 e. The molecule has 0 radical (unpaired) electrons. The molecule has 2 heterocycles. The Morgan fingerprint density at radius 1 is 1.31 bits per heavy atom. The first kappa shape index (κ1) is 24.0. The number of hydrogen-bond acceptors (Lipinski definition) is 6. The fraction of sp³-hybridized carbons (Fsp3) is 0.478. The van der Waals surface area contributed by atoms with Crippen molar-refractivity contribution in [1.29, 1.82) is 0 Å². The molecule has 9 heteroatoms. The molecule has 1 saturated heterocycles. The molecule has 0 spiro atoms. The maximum atomic E-state index is 14.1. The third-order valence-corrected chi connectivity index (χ3v) is 7.11. The highest BCUT2D eigenvalue weighted by atomic mass is 32.1. The molecule has 0 unspecified atom stereocenters. The van der Waals surface area contributed by atoms with E-state index in [9.17, 15) is 18.8 Å². The Labute approximate surface area is 191 Å². The van der Waals surface area contributed by atoms with E-state index in [-0.39, 0.29) is 37.2 Å². The van der Waals surface area contributed by atoms with Crippen LogP contribution in [0.1, 0.15) is 42.1 Å². The number of likely N-dealkylation sites (N-methyl/N-ethyl adjacent to an activating group) is 1. The number of aryl methyl sites for hydroxylation is 1. The van der Waals surface area contributed by atoms with E-state index < -0.39 is 17.1 Å². The van der Waals surface area contributed by atoms with Gasteiger partial charge in [0.05, 0.1) is 11.5 Å². The molecule has 0 aliphatic carbocycles. The number of thiazole rings is 1. The number of amides is 3. The van der Waals surface area contributed by atoms with Gasteiger partial charge in [-0.25, -0.2) is 9.37 Å². The number of rotatable bonds is 8. The van der Waals surface area contributed by atoms with E-state index in [1.807, 2.05) is 38.2 Å². The minimum Gasteiger partial charge on any atom is -0.337 e. The van der Waals surface area contributed by atoms with Gasteiger partial charge in [-0.3, -0.25) is 19.3 Å². The van der Waals surface area contributed by atoms with Crippen LogP contribution in [0.25, 0.3) is 0 Å². The number of carbonyl (C=O) groups is 3. The lowest BCUT2D eigenvalue weighted by Crippen LogP contribution is -2.44. The standard InChI is InChI=1S/C23H29FN4O3S/c1-15-14-32-21(25-15)16(2)27(5)19(29)12-23(17-7-6-8-18(24)11-17)13-20(30)28(22(23)31)10-9-26(3)4/h6-8,11,14,16H,9-10,12-13H2,1-5H3/t16-,23+/m0/s1. The van der Waals surface area contributed by atoms with E-state index in [0.717, 1.165) is 10.7 Å². The van der Waals surface area contributed by atoms with E-state index >= 15 is 0 Å². The van der Waals surface area contributed by atoms with Crippen molar-refractivity contribution in [3.05, 3.63) is 51.7 Å². The maximum absolute atomic E-state index is 14.1. The van der Waals surface area contributed by atoms with Gasteiger partial charge in [0.1, 0.15) is 10.8 Å². The highest BCUT2D eigenvalue weighted by Crippen LogP contribution is 2.41. The normalized spacial score (nSPS) is 19.7. The summed E-state index contributed by atoms with van der Waals surface area (Å²) in [7, 11) is 5.37. The second-order valence-corrected chi connectivity index (χ2v) is 9.50. The van der Waals surface area contributed by atoms with Crippen LogP contribution in [-0.2, 0) is 19.8 Å². The van der Waals surface area contributed by atoms with Gasteiger partial charge in [0.25, 0.3) is 0 Å². The molecule has 2 atom stereocenters.